The van der Waals surface area contributed by atoms with Gasteiger partial charge in [0.05, 0.1) is 14.9 Å². The molecule has 0 atom stereocenters. The third kappa shape index (κ3) is 5.09. The van der Waals surface area contributed by atoms with Crippen molar-refractivity contribution < 1.29 is 13.2 Å². The van der Waals surface area contributed by atoms with Gasteiger partial charge in [0.25, 0.3) is 5.91 Å². The molecule has 3 rings (SSSR count). The Labute approximate surface area is 171 Å². The molecule has 0 bridgehead atoms. The van der Waals surface area contributed by atoms with E-state index in [0.717, 1.165) is 4.88 Å². The largest absolute Gasteiger partial charge is 0.322 e. The van der Waals surface area contributed by atoms with Gasteiger partial charge < -0.3 is 5.32 Å². The lowest BCUT2D eigenvalue weighted by molar-refractivity contribution is 0.102. The van der Waals surface area contributed by atoms with Crippen molar-refractivity contribution in [3.63, 3.8) is 0 Å². The number of carbonyl (C=O) groups excluding carboxylic acids is 1. The third-order valence-electron chi connectivity index (χ3n) is 3.60. The first-order valence-electron chi connectivity index (χ1n) is 7.74. The SMILES string of the molecule is O=C(Nc1ccc(Cl)c(Cl)c1)c1cccc(S(=O)(=O)NCc2cccs2)c1. The first kappa shape index (κ1) is 19.9. The van der Waals surface area contributed by atoms with E-state index in [0.29, 0.717) is 15.7 Å². The van der Waals surface area contributed by atoms with Gasteiger partial charge in [0, 0.05) is 22.7 Å². The van der Waals surface area contributed by atoms with Crippen LogP contribution in [0.4, 0.5) is 5.69 Å². The molecule has 0 saturated heterocycles. The fourth-order valence-corrected chi connectivity index (χ4v) is 4.33. The maximum Gasteiger partial charge on any atom is 0.255 e. The molecule has 0 radical (unpaired) electrons. The van der Waals surface area contributed by atoms with Crippen molar-refractivity contribution in [2.24, 2.45) is 0 Å². The Morgan fingerprint density at radius 1 is 1.00 bits per heavy atom. The van der Waals surface area contributed by atoms with Gasteiger partial charge in [-0.25, -0.2) is 13.1 Å². The molecule has 9 heteroatoms. The summed E-state index contributed by atoms with van der Waals surface area (Å²) in [4.78, 5) is 13.3. The molecule has 140 valence electrons. The Kier molecular flexibility index (Phi) is 6.18. The average molecular weight is 441 g/mol. The highest BCUT2D eigenvalue weighted by Crippen LogP contribution is 2.25. The van der Waals surface area contributed by atoms with E-state index in [-0.39, 0.29) is 17.0 Å². The van der Waals surface area contributed by atoms with Gasteiger partial charge >= 0.3 is 0 Å². The van der Waals surface area contributed by atoms with Crippen molar-refractivity contribution >= 4 is 56.2 Å². The van der Waals surface area contributed by atoms with Gasteiger partial charge in [-0.2, -0.15) is 0 Å². The molecule has 1 amide bonds. The van der Waals surface area contributed by atoms with Crippen LogP contribution >= 0.6 is 34.5 Å². The Morgan fingerprint density at radius 3 is 2.52 bits per heavy atom. The molecule has 2 aromatic carbocycles. The van der Waals surface area contributed by atoms with Gasteiger partial charge in [-0.1, -0.05) is 35.3 Å². The molecule has 0 aliphatic rings. The van der Waals surface area contributed by atoms with Crippen LogP contribution in [0.25, 0.3) is 0 Å². The van der Waals surface area contributed by atoms with Crippen LogP contribution in [0, 0.1) is 0 Å². The van der Waals surface area contributed by atoms with Crippen LogP contribution < -0.4 is 10.0 Å². The molecule has 1 heterocycles. The van der Waals surface area contributed by atoms with Gasteiger partial charge in [-0.15, -0.1) is 11.3 Å². The highest BCUT2D eigenvalue weighted by molar-refractivity contribution is 7.89. The number of hydrogen-bond acceptors (Lipinski definition) is 4. The monoisotopic (exact) mass is 440 g/mol. The standard InChI is InChI=1S/C18H14Cl2N2O3S2/c19-16-7-6-13(10-17(16)20)22-18(23)12-3-1-5-15(9-12)27(24,25)21-11-14-4-2-8-26-14/h1-10,21H,11H2,(H,22,23). The molecule has 0 aliphatic carbocycles. The van der Waals surface area contributed by atoms with Crippen LogP contribution in [0.1, 0.15) is 15.2 Å². The maximum atomic E-state index is 12.5. The van der Waals surface area contributed by atoms with Crippen molar-refractivity contribution in [3.05, 3.63) is 80.5 Å². The first-order valence-corrected chi connectivity index (χ1v) is 10.9. The van der Waals surface area contributed by atoms with Crippen LogP contribution in [-0.2, 0) is 16.6 Å². The third-order valence-corrected chi connectivity index (χ3v) is 6.61. The number of amides is 1. The normalized spacial score (nSPS) is 11.3. The van der Waals surface area contributed by atoms with E-state index >= 15 is 0 Å². The fraction of sp³-hybridized carbons (Fsp3) is 0.0556. The van der Waals surface area contributed by atoms with Gasteiger partial charge in [0.1, 0.15) is 0 Å². The molecule has 0 aliphatic heterocycles. The second-order valence-corrected chi connectivity index (χ2v) is 9.13. The topological polar surface area (TPSA) is 75.3 Å². The first-order chi connectivity index (χ1) is 12.8. The molecule has 0 fully saturated rings. The van der Waals surface area contributed by atoms with E-state index < -0.39 is 15.9 Å². The Bertz CT molecular complexity index is 1070. The number of rotatable bonds is 6. The highest BCUT2D eigenvalue weighted by Gasteiger charge is 2.16. The summed E-state index contributed by atoms with van der Waals surface area (Å²) in [7, 11) is -3.74. The molecule has 2 N–H and O–H groups in total. The lowest BCUT2D eigenvalue weighted by atomic mass is 10.2. The summed E-state index contributed by atoms with van der Waals surface area (Å²) in [6.07, 6.45) is 0. The summed E-state index contributed by atoms with van der Waals surface area (Å²) in [6, 6.07) is 14.2. The molecule has 27 heavy (non-hydrogen) atoms. The van der Waals surface area contributed by atoms with E-state index in [4.69, 9.17) is 23.2 Å². The van der Waals surface area contributed by atoms with E-state index in [9.17, 15) is 13.2 Å². The number of benzene rings is 2. The van der Waals surface area contributed by atoms with E-state index in [2.05, 4.69) is 10.0 Å². The van der Waals surface area contributed by atoms with Crippen LogP contribution in [0.2, 0.25) is 10.0 Å². The average Bonchev–Trinajstić information content (AvgIpc) is 3.17. The number of halogens is 2. The van der Waals surface area contributed by atoms with Gasteiger partial charge in [-0.3, -0.25) is 4.79 Å². The Morgan fingerprint density at radius 2 is 1.81 bits per heavy atom. The van der Waals surface area contributed by atoms with Crippen LogP contribution in [0.15, 0.2) is 64.9 Å². The van der Waals surface area contributed by atoms with Crippen molar-refractivity contribution in [2.45, 2.75) is 11.4 Å². The van der Waals surface area contributed by atoms with Crippen LogP contribution in [0.5, 0.6) is 0 Å². The lowest BCUT2D eigenvalue weighted by Gasteiger charge is -2.09. The molecule has 3 aromatic rings. The molecular formula is C18H14Cl2N2O3S2. The minimum atomic E-state index is -3.74. The van der Waals surface area contributed by atoms with Crippen molar-refractivity contribution in [1.82, 2.24) is 4.72 Å². The Hall–Kier alpha value is -1.90. The van der Waals surface area contributed by atoms with Crippen molar-refractivity contribution in [2.75, 3.05) is 5.32 Å². The van der Waals surface area contributed by atoms with Gasteiger partial charge in [0.2, 0.25) is 10.0 Å². The van der Waals surface area contributed by atoms with Gasteiger partial charge in [-0.05, 0) is 47.8 Å². The zero-order valence-corrected chi connectivity index (χ0v) is 16.9. The summed E-state index contributed by atoms with van der Waals surface area (Å²) < 4.78 is 27.5. The minimum Gasteiger partial charge on any atom is -0.322 e. The van der Waals surface area contributed by atoms with E-state index in [1.54, 1.807) is 12.1 Å². The molecule has 0 unspecified atom stereocenters. The molecule has 5 nitrogen and oxygen atoms in total. The number of anilines is 1. The lowest BCUT2D eigenvalue weighted by Crippen LogP contribution is -2.23. The predicted octanol–water partition coefficient (Wildman–Crippen LogP) is 4.79. The number of sulfonamides is 1. The Balaban J connectivity index is 1.75. The van der Waals surface area contributed by atoms with Crippen molar-refractivity contribution in [1.29, 1.82) is 0 Å². The number of carbonyl (C=O) groups is 1. The number of hydrogen-bond donors (Lipinski definition) is 2. The molecule has 0 saturated carbocycles. The summed E-state index contributed by atoms with van der Waals surface area (Å²) in [5.41, 5.74) is 0.665. The summed E-state index contributed by atoms with van der Waals surface area (Å²) in [5.74, 6) is -0.455. The van der Waals surface area contributed by atoms with Crippen LogP contribution in [0.3, 0.4) is 0 Å². The zero-order valence-electron chi connectivity index (χ0n) is 13.8. The molecule has 1 aromatic heterocycles. The summed E-state index contributed by atoms with van der Waals surface area (Å²) >= 11 is 13.2. The number of thiophene rings is 1. The second-order valence-electron chi connectivity index (χ2n) is 5.51. The molecule has 0 spiro atoms. The second kappa shape index (κ2) is 8.41. The number of nitrogens with one attached hydrogen (secondary N) is 2. The van der Waals surface area contributed by atoms with Crippen LogP contribution in [-0.4, -0.2) is 14.3 Å². The highest BCUT2D eigenvalue weighted by atomic mass is 35.5. The fourth-order valence-electron chi connectivity index (χ4n) is 2.24. The quantitative estimate of drug-likeness (QED) is 0.578. The minimum absolute atomic E-state index is 0.0147. The zero-order chi connectivity index (χ0) is 19.4. The van der Waals surface area contributed by atoms with Gasteiger partial charge in [0.15, 0.2) is 0 Å². The molecular weight excluding hydrogens is 427 g/mol. The van der Waals surface area contributed by atoms with E-state index in [1.807, 2.05) is 17.5 Å². The maximum absolute atomic E-state index is 12.5. The summed E-state index contributed by atoms with van der Waals surface area (Å²) in [5, 5.41) is 5.22. The smallest absolute Gasteiger partial charge is 0.255 e. The summed E-state index contributed by atoms with van der Waals surface area (Å²) in [6.45, 7) is 0.194. The predicted molar refractivity (Wildman–Crippen MR) is 109 cm³/mol. The van der Waals surface area contributed by atoms with E-state index in [1.165, 1.54) is 41.7 Å². The van der Waals surface area contributed by atoms with Crippen molar-refractivity contribution in [3.8, 4) is 0 Å².